The van der Waals surface area contributed by atoms with Crippen LogP contribution >= 0.6 is 11.3 Å². The highest BCUT2D eigenvalue weighted by atomic mass is 32.1. The van der Waals surface area contributed by atoms with E-state index in [1.54, 1.807) is 11.7 Å². The Morgan fingerprint density at radius 2 is 2.50 bits per heavy atom. The molecule has 0 spiro atoms. The van der Waals surface area contributed by atoms with Crippen LogP contribution in [0.15, 0.2) is 11.7 Å². The number of hydrogen-bond donors (Lipinski definition) is 1. The summed E-state index contributed by atoms with van der Waals surface area (Å²) in [5.41, 5.74) is 7.31. The molecule has 0 saturated heterocycles. The molecule has 1 aromatic heterocycles. The van der Waals surface area contributed by atoms with Crippen molar-refractivity contribution in [2.24, 2.45) is 11.7 Å². The third kappa shape index (κ3) is 3.20. The molecular weight excluding hydrogens is 196 g/mol. The lowest BCUT2D eigenvalue weighted by molar-refractivity contribution is -0.122. The van der Waals surface area contributed by atoms with Gasteiger partial charge in [-0.2, -0.15) is 0 Å². The monoisotopic (exact) mass is 212 g/mol. The van der Waals surface area contributed by atoms with Crippen LogP contribution in [0.2, 0.25) is 0 Å². The number of thiazole rings is 1. The van der Waals surface area contributed by atoms with Gasteiger partial charge < -0.3 is 5.73 Å². The van der Waals surface area contributed by atoms with Crippen molar-refractivity contribution in [2.45, 2.75) is 26.2 Å². The topological polar surface area (TPSA) is 56.0 Å². The first kappa shape index (κ1) is 11.3. The predicted octanol–water partition coefficient (Wildman–Crippen LogP) is 1.63. The van der Waals surface area contributed by atoms with Crippen LogP contribution in [0.25, 0.3) is 0 Å². The second-order valence-electron chi connectivity index (χ2n) is 3.33. The number of ketones is 1. The largest absolute Gasteiger partial charge is 0.330 e. The summed E-state index contributed by atoms with van der Waals surface area (Å²) < 4.78 is 0. The van der Waals surface area contributed by atoms with Crippen LogP contribution < -0.4 is 5.73 Å². The summed E-state index contributed by atoms with van der Waals surface area (Å²) in [5.74, 6) is 0.278. The van der Waals surface area contributed by atoms with Gasteiger partial charge in [-0.25, -0.2) is 0 Å². The zero-order valence-electron chi connectivity index (χ0n) is 8.40. The normalized spacial score (nSPS) is 12.7. The smallest absolute Gasteiger partial charge is 0.142 e. The number of rotatable bonds is 6. The van der Waals surface area contributed by atoms with Crippen LogP contribution in [-0.4, -0.2) is 17.3 Å². The lowest BCUT2D eigenvalue weighted by Gasteiger charge is -2.10. The van der Waals surface area contributed by atoms with Crippen molar-refractivity contribution in [2.75, 3.05) is 6.54 Å². The van der Waals surface area contributed by atoms with Crippen LogP contribution in [0.4, 0.5) is 0 Å². The maximum atomic E-state index is 11.7. The SMILES string of the molecule is CCCC(CN)C(=O)Cc1cncs1. The molecule has 0 aliphatic heterocycles. The molecule has 0 fully saturated rings. The third-order valence-corrected chi connectivity index (χ3v) is 2.99. The number of carbonyl (C=O) groups is 1. The average molecular weight is 212 g/mol. The molecule has 78 valence electrons. The van der Waals surface area contributed by atoms with Gasteiger partial charge in [0.25, 0.3) is 0 Å². The van der Waals surface area contributed by atoms with E-state index < -0.39 is 0 Å². The van der Waals surface area contributed by atoms with Crippen molar-refractivity contribution in [1.82, 2.24) is 4.98 Å². The fourth-order valence-corrected chi connectivity index (χ4v) is 2.01. The maximum absolute atomic E-state index is 11.7. The van der Waals surface area contributed by atoms with Crippen molar-refractivity contribution in [3.63, 3.8) is 0 Å². The van der Waals surface area contributed by atoms with Crippen molar-refractivity contribution in [1.29, 1.82) is 0 Å². The van der Waals surface area contributed by atoms with E-state index in [1.807, 2.05) is 0 Å². The molecule has 0 amide bonds. The van der Waals surface area contributed by atoms with Crippen LogP contribution in [0.1, 0.15) is 24.6 Å². The van der Waals surface area contributed by atoms with E-state index in [2.05, 4.69) is 11.9 Å². The minimum absolute atomic E-state index is 0.0297. The Bertz CT molecular complexity index is 272. The minimum atomic E-state index is 0.0297. The number of aromatic nitrogens is 1. The lowest BCUT2D eigenvalue weighted by Crippen LogP contribution is -2.24. The van der Waals surface area contributed by atoms with E-state index >= 15 is 0 Å². The lowest BCUT2D eigenvalue weighted by atomic mass is 9.96. The third-order valence-electron chi connectivity index (χ3n) is 2.21. The standard InChI is InChI=1S/C10H16N2OS/c1-2-3-8(5-11)10(13)4-9-6-12-7-14-9/h6-8H,2-5,11H2,1H3. The van der Waals surface area contributed by atoms with Gasteiger partial charge in [0.2, 0.25) is 0 Å². The highest BCUT2D eigenvalue weighted by Crippen LogP contribution is 2.13. The summed E-state index contributed by atoms with van der Waals surface area (Å²) in [6.07, 6.45) is 4.15. The van der Waals surface area contributed by atoms with Gasteiger partial charge in [-0.3, -0.25) is 9.78 Å². The van der Waals surface area contributed by atoms with Crippen molar-refractivity contribution in [3.8, 4) is 0 Å². The first-order valence-corrected chi connectivity index (χ1v) is 5.76. The predicted molar refractivity (Wildman–Crippen MR) is 58.3 cm³/mol. The van der Waals surface area contributed by atoms with Crippen molar-refractivity contribution < 1.29 is 4.79 Å². The minimum Gasteiger partial charge on any atom is -0.330 e. The molecule has 2 N–H and O–H groups in total. The molecule has 3 nitrogen and oxygen atoms in total. The Morgan fingerprint density at radius 1 is 1.71 bits per heavy atom. The van der Waals surface area contributed by atoms with Gasteiger partial charge in [-0.15, -0.1) is 11.3 Å². The molecule has 1 heterocycles. The number of hydrogen-bond acceptors (Lipinski definition) is 4. The molecule has 0 radical (unpaired) electrons. The quantitative estimate of drug-likeness (QED) is 0.779. The van der Waals surface area contributed by atoms with Gasteiger partial charge in [0.15, 0.2) is 0 Å². The number of nitrogens with two attached hydrogens (primary N) is 1. The highest BCUT2D eigenvalue weighted by Gasteiger charge is 2.16. The Morgan fingerprint density at radius 3 is 3.00 bits per heavy atom. The average Bonchev–Trinajstić information content (AvgIpc) is 2.66. The molecule has 0 aliphatic carbocycles. The molecule has 4 heteroatoms. The Hall–Kier alpha value is -0.740. The fraction of sp³-hybridized carbons (Fsp3) is 0.600. The summed E-state index contributed by atoms with van der Waals surface area (Å²) in [7, 11) is 0. The summed E-state index contributed by atoms with van der Waals surface area (Å²) in [6, 6.07) is 0. The fourth-order valence-electron chi connectivity index (χ4n) is 1.40. The molecule has 0 bridgehead atoms. The molecular formula is C10H16N2OS. The molecule has 14 heavy (non-hydrogen) atoms. The zero-order chi connectivity index (χ0) is 10.4. The van der Waals surface area contributed by atoms with Crippen LogP contribution in [-0.2, 0) is 11.2 Å². The Labute approximate surface area is 88.3 Å². The van der Waals surface area contributed by atoms with E-state index in [4.69, 9.17) is 5.73 Å². The van der Waals surface area contributed by atoms with Gasteiger partial charge in [0, 0.05) is 30.0 Å². The van der Waals surface area contributed by atoms with E-state index in [0.717, 1.165) is 17.7 Å². The van der Waals surface area contributed by atoms with E-state index in [1.165, 1.54) is 11.3 Å². The second-order valence-corrected chi connectivity index (χ2v) is 4.30. The van der Waals surface area contributed by atoms with E-state index in [-0.39, 0.29) is 11.7 Å². The van der Waals surface area contributed by atoms with Crippen LogP contribution in [0.5, 0.6) is 0 Å². The highest BCUT2D eigenvalue weighted by molar-refractivity contribution is 7.09. The van der Waals surface area contributed by atoms with Gasteiger partial charge in [-0.1, -0.05) is 13.3 Å². The van der Waals surface area contributed by atoms with Gasteiger partial charge in [0.05, 0.1) is 5.51 Å². The first-order chi connectivity index (χ1) is 6.77. The van der Waals surface area contributed by atoms with Gasteiger partial charge in [0.1, 0.15) is 5.78 Å². The number of nitrogens with zero attached hydrogens (tertiary/aromatic N) is 1. The summed E-state index contributed by atoms with van der Waals surface area (Å²) in [5, 5.41) is 0. The molecule has 1 rings (SSSR count). The Balaban J connectivity index is 2.47. The van der Waals surface area contributed by atoms with Crippen molar-refractivity contribution in [3.05, 3.63) is 16.6 Å². The number of Topliss-reactive ketones (excluding diaryl/α,β-unsaturated/α-hetero) is 1. The summed E-state index contributed by atoms with van der Waals surface area (Å²) >= 11 is 1.52. The van der Waals surface area contributed by atoms with Gasteiger partial charge >= 0.3 is 0 Å². The summed E-state index contributed by atoms with van der Waals surface area (Å²) in [4.78, 5) is 16.7. The van der Waals surface area contributed by atoms with E-state index in [0.29, 0.717) is 13.0 Å². The van der Waals surface area contributed by atoms with Crippen LogP contribution in [0, 0.1) is 5.92 Å². The molecule has 0 aromatic carbocycles. The maximum Gasteiger partial charge on any atom is 0.142 e. The number of carbonyl (C=O) groups excluding carboxylic acids is 1. The second kappa shape index (κ2) is 5.88. The molecule has 1 aromatic rings. The molecule has 0 saturated carbocycles. The molecule has 1 unspecified atom stereocenters. The van der Waals surface area contributed by atoms with Gasteiger partial charge in [-0.05, 0) is 6.42 Å². The molecule has 0 aliphatic rings. The Kier molecular flexibility index (Phi) is 4.76. The van der Waals surface area contributed by atoms with Crippen molar-refractivity contribution >= 4 is 17.1 Å². The van der Waals surface area contributed by atoms with Crippen LogP contribution in [0.3, 0.4) is 0 Å². The summed E-state index contributed by atoms with van der Waals surface area (Å²) in [6.45, 7) is 2.54. The molecule has 1 atom stereocenters. The first-order valence-electron chi connectivity index (χ1n) is 4.88. The van der Waals surface area contributed by atoms with E-state index in [9.17, 15) is 4.79 Å². The zero-order valence-corrected chi connectivity index (χ0v) is 9.22.